The monoisotopic (exact) mass is 225 g/mol. The minimum absolute atomic E-state index is 0.332. The van der Waals surface area contributed by atoms with Gasteiger partial charge in [-0.2, -0.15) is 0 Å². The van der Waals surface area contributed by atoms with Gasteiger partial charge in [-0.25, -0.2) is 4.98 Å². The smallest absolute Gasteiger partial charge is 0.0946 e. The Bertz CT molecular complexity index is 280. The molecule has 0 fully saturated rings. The molecule has 4 heteroatoms. The first-order valence-corrected chi connectivity index (χ1v) is 6.01. The van der Waals surface area contributed by atoms with E-state index in [4.69, 9.17) is 0 Å². The van der Waals surface area contributed by atoms with Crippen LogP contribution in [0.25, 0.3) is 0 Å². The van der Waals surface area contributed by atoms with Crippen LogP contribution in [0.15, 0.2) is 18.7 Å². The predicted octanol–water partition coefficient (Wildman–Crippen LogP) is 1.41. The molecule has 0 aromatic carbocycles. The Morgan fingerprint density at radius 3 is 2.62 bits per heavy atom. The SMILES string of the molecule is CCC(O)(CC)CNC(C)Cn1ccnc1. The van der Waals surface area contributed by atoms with Crippen LogP contribution < -0.4 is 5.32 Å². The molecule has 1 atom stereocenters. The Hall–Kier alpha value is -0.870. The third-order valence-electron chi connectivity index (χ3n) is 3.14. The summed E-state index contributed by atoms with van der Waals surface area (Å²) in [5.74, 6) is 0. The average Bonchev–Trinajstić information content (AvgIpc) is 2.79. The van der Waals surface area contributed by atoms with E-state index in [1.54, 1.807) is 6.20 Å². The molecular weight excluding hydrogens is 202 g/mol. The summed E-state index contributed by atoms with van der Waals surface area (Å²) in [5, 5.41) is 13.5. The molecule has 0 aliphatic carbocycles. The van der Waals surface area contributed by atoms with Gasteiger partial charge in [-0.3, -0.25) is 0 Å². The van der Waals surface area contributed by atoms with Gasteiger partial charge in [0, 0.05) is 31.5 Å². The third kappa shape index (κ3) is 3.94. The summed E-state index contributed by atoms with van der Waals surface area (Å²) >= 11 is 0. The summed E-state index contributed by atoms with van der Waals surface area (Å²) in [7, 11) is 0. The van der Waals surface area contributed by atoms with E-state index < -0.39 is 5.60 Å². The maximum absolute atomic E-state index is 10.1. The molecule has 1 aromatic rings. The van der Waals surface area contributed by atoms with Gasteiger partial charge in [0.05, 0.1) is 11.9 Å². The van der Waals surface area contributed by atoms with Crippen molar-refractivity contribution in [2.45, 2.75) is 51.8 Å². The second-order valence-electron chi connectivity index (χ2n) is 4.47. The summed E-state index contributed by atoms with van der Waals surface area (Å²) in [6.45, 7) is 7.68. The molecule has 1 unspecified atom stereocenters. The first-order chi connectivity index (χ1) is 7.59. The molecule has 1 heterocycles. The first kappa shape index (κ1) is 13.2. The minimum Gasteiger partial charge on any atom is -0.389 e. The van der Waals surface area contributed by atoms with E-state index in [-0.39, 0.29) is 0 Å². The lowest BCUT2D eigenvalue weighted by atomic mass is 9.97. The fourth-order valence-corrected chi connectivity index (χ4v) is 1.64. The number of nitrogens with zero attached hydrogens (tertiary/aromatic N) is 2. The molecule has 16 heavy (non-hydrogen) atoms. The van der Waals surface area contributed by atoms with Gasteiger partial charge < -0.3 is 15.0 Å². The van der Waals surface area contributed by atoms with Gasteiger partial charge >= 0.3 is 0 Å². The number of aliphatic hydroxyl groups is 1. The topological polar surface area (TPSA) is 50.1 Å². The van der Waals surface area contributed by atoms with Crippen molar-refractivity contribution in [3.8, 4) is 0 Å². The van der Waals surface area contributed by atoms with Crippen LogP contribution in [0, 0.1) is 0 Å². The van der Waals surface area contributed by atoms with Gasteiger partial charge in [-0.05, 0) is 19.8 Å². The zero-order valence-electron chi connectivity index (χ0n) is 10.5. The average molecular weight is 225 g/mol. The Labute approximate surface area is 97.7 Å². The number of hydrogen-bond acceptors (Lipinski definition) is 3. The molecule has 0 bridgehead atoms. The summed E-state index contributed by atoms with van der Waals surface area (Å²) < 4.78 is 2.04. The van der Waals surface area contributed by atoms with Gasteiger partial charge in [-0.1, -0.05) is 13.8 Å². The Morgan fingerprint density at radius 1 is 1.44 bits per heavy atom. The normalized spacial score (nSPS) is 14.0. The molecular formula is C12H23N3O. The molecule has 92 valence electrons. The lowest BCUT2D eigenvalue weighted by Crippen LogP contribution is -2.44. The fourth-order valence-electron chi connectivity index (χ4n) is 1.64. The predicted molar refractivity (Wildman–Crippen MR) is 65.2 cm³/mol. The van der Waals surface area contributed by atoms with E-state index in [1.165, 1.54) is 0 Å². The van der Waals surface area contributed by atoms with Crippen molar-refractivity contribution < 1.29 is 5.11 Å². The van der Waals surface area contributed by atoms with Crippen LogP contribution in [-0.2, 0) is 6.54 Å². The van der Waals surface area contributed by atoms with Crippen LogP contribution in [0.1, 0.15) is 33.6 Å². The van der Waals surface area contributed by atoms with Crippen molar-refractivity contribution in [1.82, 2.24) is 14.9 Å². The Balaban J connectivity index is 2.32. The second-order valence-corrected chi connectivity index (χ2v) is 4.47. The standard InChI is InChI=1S/C12H23N3O/c1-4-12(16,5-2)9-14-11(3)8-15-7-6-13-10-15/h6-7,10-11,14,16H,4-5,8-9H2,1-3H3. The van der Waals surface area contributed by atoms with E-state index >= 15 is 0 Å². The maximum Gasteiger partial charge on any atom is 0.0946 e. The molecule has 0 spiro atoms. The van der Waals surface area contributed by atoms with Gasteiger partial charge in [0.1, 0.15) is 0 Å². The quantitative estimate of drug-likeness (QED) is 0.737. The molecule has 1 aromatic heterocycles. The van der Waals surface area contributed by atoms with Gasteiger partial charge in [-0.15, -0.1) is 0 Å². The van der Waals surface area contributed by atoms with Crippen molar-refractivity contribution in [3.63, 3.8) is 0 Å². The van der Waals surface area contributed by atoms with Crippen molar-refractivity contribution in [1.29, 1.82) is 0 Å². The molecule has 0 aliphatic heterocycles. The van der Waals surface area contributed by atoms with Crippen molar-refractivity contribution >= 4 is 0 Å². The highest BCUT2D eigenvalue weighted by Gasteiger charge is 2.22. The van der Waals surface area contributed by atoms with Crippen molar-refractivity contribution in [2.24, 2.45) is 0 Å². The lowest BCUT2D eigenvalue weighted by Gasteiger charge is -2.27. The van der Waals surface area contributed by atoms with E-state index in [9.17, 15) is 5.11 Å². The fraction of sp³-hybridized carbons (Fsp3) is 0.750. The lowest BCUT2D eigenvalue weighted by molar-refractivity contribution is 0.0299. The van der Waals surface area contributed by atoms with E-state index in [0.29, 0.717) is 12.6 Å². The van der Waals surface area contributed by atoms with Gasteiger partial charge in [0.2, 0.25) is 0 Å². The Morgan fingerprint density at radius 2 is 2.12 bits per heavy atom. The van der Waals surface area contributed by atoms with Crippen LogP contribution in [0.5, 0.6) is 0 Å². The summed E-state index contributed by atoms with van der Waals surface area (Å²) in [4.78, 5) is 4.00. The van der Waals surface area contributed by atoms with Crippen LogP contribution >= 0.6 is 0 Å². The molecule has 1 rings (SSSR count). The maximum atomic E-state index is 10.1. The number of rotatable bonds is 7. The highest BCUT2D eigenvalue weighted by atomic mass is 16.3. The molecule has 0 amide bonds. The largest absolute Gasteiger partial charge is 0.389 e. The highest BCUT2D eigenvalue weighted by Crippen LogP contribution is 2.13. The molecule has 4 nitrogen and oxygen atoms in total. The summed E-state index contributed by atoms with van der Waals surface area (Å²) in [6.07, 6.45) is 7.11. The first-order valence-electron chi connectivity index (χ1n) is 6.01. The molecule has 0 saturated carbocycles. The zero-order valence-corrected chi connectivity index (χ0v) is 10.5. The molecule has 2 N–H and O–H groups in total. The van der Waals surface area contributed by atoms with Crippen molar-refractivity contribution in [3.05, 3.63) is 18.7 Å². The zero-order chi connectivity index (χ0) is 12.0. The number of hydrogen-bond donors (Lipinski definition) is 2. The minimum atomic E-state index is -0.566. The summed E-state index contributed by atoms with van der Waals surface area (Å²) in [5.41, 5.74) is -0.566. The van der Waals surface area contributed by atoms with E-state index in [0.717, 1.165) is 19.4 Å². The van der Waals surface area contributed by atoms with Crippen molar-refractivity contribution in [2.75, 3.05) is 6.54 Å². The molecule has 0 aliphatic rings. The summed E-state index contributed by atoms with van der Waals surface area (Å²) in [6, 6.07) is 0.332. The number of imidazole rings is 1. The van der Waals surface area contributed by atoms with Crippen LogP contribution in [0.2, 0.25) is 0 Å². The third-order valence-corrected chi connectivity index (χ3v) is 3.14. The molecule has 0 radical (unpaired) electrons. The van der Waals surface area contributed by atoms with Crippen LogP contribution in [-0.4, -0.2) is 32.8 Å². The molecule has 0 saturated heterocycles. The Kier molecular flexibility index (Phi) is 4.96. The van der Waals surface area contributed by atoms with E-state index in [1.807, 2.05) is 30.9 Å². The van der Waals surface area contributed by atoms with Gasteiger partial charge in [0.15, 0.2) is 0 Å². The second kappa shape index (κ2) is 6.01. The number of aromatic nitrogens is 2. The number of nitrogens with one attached hydrogen (secondary N) is 1. The van der Waals surface area contributed by atoms with Crippen LogP contribution in [0.3, 0.4) is 0 Å². The van der Waals surface area contributed by atoms with Gasteiger partial charge in [0.25, 0.3) is 0 Å². The van der Waals surface area contributed by atoms with E-state index in [2.05, 4.69) is 17.2 Å². The van der Waals surface area contributed by atoms with Crippen LogP contribution in [0.4, 0.5) is 0 Å². The highest BCUT2D eigenvalue weighted by molar-refractivity contribution is 4.81.